The molecule has 0 radical (unpaired) electrons. The van der Waals surface area contributed by atoms with Crippen molar-refractivity contribution >= 4 is 75.5 Å². The molecule has 2 amide bonds. The van der Waals surface area contributed by atoms with Crippen LogP contribution in [0.2, 0.25) is 15.1 Å². The number of anilines is 1. The Bertz CT molecular complexity index is 1070. The van der Waals surface area contributed by atoms with Crippen LogP contribution in [0.5, 0.6) is 0 Å². The van der Waals surface area contributed by atoms with Crippen LogP contribution in [0.25, 0.3) is 0 Å². The SMILES string of the molecule is CN(CCC(F)(F)F)C(=O)c1cc(NC(=O)[C@H]2[C@H](c3cc(Cl)cc(Cl)c3)C2(Cl)Cl)ccc1Cl. The van der Waals surface area contributed by atoms with E-state index in [0.717, 1.165) is 4.90 Å². The molecular weight excluding hydrogens is 547 g/mol. The lowest BCUT2D eigenvalue weighted by atomic mass is 10.1. The predicted molar refractivity (Wildman–Crippen MR) is 125 cm³/mol. The highest BCUT2D eigenvalue weighted by atomic mass is 35.5. The van der Waals surface area contributed by atoms with Crippen LogP contribution < -0.4 is 5.32 Å². The molecule has 178 valence electrons. The van der Waals surface area contributed by atoms with Gasteiger partial charge in [-0.3, -0.25) is 9.59 Å². The zero-order chi connectivity index (χ0) is 24.7. The summed E-state index contributed by atoms with van der Waals surface area (Å²) in [6.07, 6.45) is -5.56. The van der Waals surface area contributed by atoms with Crippen LogP contribution in [0, 0.1) is 5.92 Å². The summed E-state index contributed by atoms with van der Waals surface area (Å²) in [5.74, 6) is -2.65. The van der Waals surface area contributed by atoms with Gasteiger partial charge in [-0.15, -0.1) is 23.2 Å². The minimum absolute atomic E-state index is 0.0266. The maximum atomic E-state index is 12.9. The molecule has 0 unspecified atom stereocenters. The fourth-order valence-electron chi connectivity index (χ4n) is 3.41. The fraction of sp³-hybridized carbons (Fsp3) is 0.333. The maximum Gasteiger partial charge on any atom is 0.390 e. The Morgan fingerprint density at radius 2 is 1.67 bits per heavy atom. The normalized spacial score (nSPS) is 19.2. The van der Waals surface area contributed by atoms with E-state index in [-0.39, 0.29) is 16.3 Å². The van der Waals surface area contributed by atoms with Crippen molar-refractivity contribution in [3.05, 3.63) is 62.6 Å². The molecule has 0 spiro atoms. The van der Waals surface area contributed by atoms with Gasteiger partial charge in [0.2, 0.25) is 5.91 Å². The van der Waals surface area contributed by atoms with Gasteiger partial charge >= 0.3 is 6.18 Å². The van der Waals surface area contributed by atoms with E-state index in [2.05, 4.69) is 5.32 Å². The molecule has 1 aliphatic carbocycles. The van der Waals surface area contributed by atoms with Crippen LogP contribution in [0.15, 0.2) is 36.4 Å². The first kappa shape index (κ1) is 26.2. The Kier molecular flexibility index (Phi) is 7.71. The number of nitrogens with zero attached hydrogens (tertiary/aromatic N) is 1. The highest BCUT2D eigenvalue weighted by Crippen LogP contribution is 2.65. The monoisotopic (exact) mass is 560 g/mol. The van der Waals surface area contributed by atoms with Crippen LogP contribution >= 0.6 is 58.0 Å². The summed E-state index contributed by atoms with van der Waals surface area (Å²) in [6, 6.07) is 8.85. The first-order chi connectivity index (χ1) is 15.2. The van der Waals surface area contributed by atoms with Crippen molar-refractivity contribution < 1.29 is 22.8 Å². The molecule has 2 aromatic carbocycles. The van der Waals surface area contributed by atoms with Crippen LogP contribution in [-0.4, -0.2) is 40.8 Å². The summed E-state index contributed by atoms with van der Waals surface area (Å²) in [5, 5.41) is 3.38. The molecule has 0 bridgehead atoms. The second kappa shape index (κ2) is 9.70. The minimum Gasteiger partial charge on any atom is -0.341 e. The molecule has 1 aliphatic rings. The molecule has 0 aromatic heterocycles. The molecule has 1 N–H and O–H groups in total. The number of rotatable bonds is 6. The maximum absolute atomic E-state index is 12.9. The lowest BCUT2D eigenvalue weighted by molar-refractivity contribution is -0.136. The summed E-state index contributed by atoms with van der Waals surface area (Å²) in [6.45, 7) is -0.539. The number of halogens is 8. The third-order valence-electron chi connectivity index (χ3n) is 5.12. The number of hydrogen-bond donors (Lipinski definition) is 1. The number of carbonyl (C=O) groups excluding carboxylic acids is 2. The Hall–Kier alpha value is -1.38. The van der Waals surface area contributed by atoms with Crippen molar-refractivity contribution in [3.63, 3.8) is 0 Å². The van der Waals surface area contributed by atoms with Gasteiger partial charge in [-0.1, -0.05) is 34.8 Å². The van der Waals surface area contributed by atoms with Crippen LogP contribution in [0.4, 0.5) is 18.9 Å². The summed E-state index contributed by atoms with van der Waals surface area (Å²) >= 11 is 30.8. The van der Waals surface area contributed by atoms with Gasteiger partial charge in [-0.2, -0.15) is 13.2 Å². The van der Waals surface area contributed by atoms with E-state index >= 15 is 0 Å². The molecule has 12 heteroatoms. The number of benzene rings is 2. The third-order valence-corrected chi connectivity index (χ3v) is 6.83. The van der Waals surface area contributed by atoms with Crippen LogP contribution in [-0.2, 0) is 4.79 Å². The number of hydrogen-bond acceptors (Lipinski definition) is 2. The van der Waals surface area contributed by atoms with Gasteiger partial charge in [0.25, 0.3) is 5.91 Å². The Labute approximate surface area is 212 Å². The molecule has 1 fully saturated rings. The Morgan fingerprint density at radius 3 is 2.24 bits per heavy atom. The van der Waals surface area contributed by atoms with Gasteiger partial charge in [0.05, 0.1) is 22.9 Å². The second-order valence-corrected chi connectivity index (χ2v) is 10.3. The third kappa shape index (κ3) is 6.20. The molecular formula is C21H16Cl5F3N2O2. The smallest absolute Gasteiger partial charge is 0.341 e. The van der Waals surface area contributed by atoms with E-state index in [1.54, 1.807) is 12.1 Å². The van der Waals surface area contributed by atoms with Crippen molar-refractivity contribution in [1.29, 1.82) is 0 Å². The predicted octanol–water partition coefficient (Wildman–Crippen LogP) is 7.20. The zero-order valence-electron chi connectivity index (χ0n) is 16.8. The van der Waals surface area contributed by atoms with E-state index in [9.17, 15) is 22.8 Å². The van der Waals surface area contributed by atoms with Gasteiger partial charge in [-0.05, 0) is 42.0 Å². The first-order valence-electron chi connectivity index (χ1n) is 9.47. The highest BCUT2D eigenvalue weighted by molar-refractivity contribution is 6.53. The first-order valence-corrected chi connectivity index (χ1v) is 11.4. The molecule has 0 saturated heterocycles. The van der Waals surface area contributed by atoms with Crippen molar-refractivity contribution in [2.24, 2.45) is 5.92 Å². The lowest BCUT2D eigenvalue weighted by Gasteiger charge is -2.19. The van der Waals surface area contributed by atoms with E-state index in [0.29, 0.717) is 15.6 Å². The molecule has 2 atom stereocenters. The summed E-state index contributed by atoms with van der Waals surface area (Å²) in [7, 11) is 1.23. The van der Waals surface area contributed by atoms with Gasteiger partial charge in [0.1, 0.15) is 4.33 Å². The quantitative estimate of drug-likeness (QED) is 0.379. The highest BCUT2D eigenvalue weighted by Gasteiger charge is 2.67. The summed E-state index contributed by atoms with van der Waals surface area (Å²) in [5.41, 5.74) is 0.739. The molecule has 33 heavy (non-hydrogen) atoms. The van der Waals surface area contributed by atoms with Crippen LogP contribution in [0.3, 0.4) is 0 Å². The lowest BCUT2D eigenvalue weighted by Crippen LogP contribution is -2.30. The van der Waals surface area contributed by atoms with Crippen molar-refractivity contribution in [2.45, 2.75) is 22.8 Å². The molecule has 1 saturated carbocycles. The summed E-state index contributed by atoms with van der Waals surface area (Å²) < 4.78 is 36.0. The number of amides is 2. The molecule has 4 nitrogen and oxygen atoms in total. The minimum atomic E-state index is -4.40. The zero-order valence-corrected chi connectivity index (χ0v) is 20.6. The molecule has 0 aliphatic heterocycles. The van der Waals surface area contributed by atoms with Gasteiger partial charge < -0.3 is 10.2 Å². The molecule has 3 rings (SSSR count). The topological polar surface area (TPSA) is 49.4 Å². The second-order valence-electron chi connectivity index (χ2n) is 7.61. The molecule has 0 heterocycles. The average molecular weight is 563 g/mol. The van der Waals surface area contributed by atoms with Crippen LogP contribution in [0.1, 0.15) is 28.3 Å². The van der Waals surface area contributed by atoms with Gasteiger partial charge in [0.15, 0.2) is 0 Å². The Balaban J connectivity index is 1.75. The molecule has 2 aromatic rings. The average Bonchev–Trinajstić information content (AvgIpc) is 3.28. The number of nitrogens with one attached hydrogen (secondary N) is 1. The summed E-state index contributed by atoms with van der Waals surface area (Å²) in [4.78, 5) is 26.3. The number of alkyl halides is 5. The fourth-order valence-corrected chi connectivity index (χ4v) is 4.98. The van der Waals surface area contributed by atoms with Crippen molar-refractivity contribution in [2.75, 3.05) is 18.9 Å². The standard InChI is InChI=1S/C21H16Cl5F3N2O2/c1-31(5-4-20(27,28)29)19(33)14-9-13(2-3-15(14)24)30-18(32)17-16(21(17,25)26)10-6-11(22)8-12(23)7-10/h2-3,6-9,16-17H,4-5H2,1H3,(H,30,32)/t16-,17+/m0/s1. The largest absolute Gasteiger partial charge is 0.390 e. The van der Waals surface area contributed by atoms with Gasteiger partial charge in [-0.25, -0.2) is 0 Å². The van der Waals surface area contributed by atoms with Crippen molar-refractivity contribution in [3.8, 4) is 0 Å². The van der Waals surface area contributed by atoms with E-state index in [4.69, 9.17) is 58.0 Å². The van der Waals surface area contributed by atoms with E-state index in [1.165, 1.54) is 31.3 Å². The van der Waals surface area contributed by atoms with E-state index in [1.807, 2.05) is 0 Å². The van der Waals surface area contributed by atoms with Crippen molar-refractivity contribution in [1.82, 2.24) is 4.90 Å². The Morgan fingerprint density at radius 1 is 1.06 bits per heavy atom. The van der Waals surface area contributed by atoms with E-state index < -0.39 is 47.1 Å². The van der Waals surface area contributed by atoms with Gasteiger partial charge in [0, 0.05) is 35.2 Å². The number of carbonyl (C=O) groups is 2.